The molecule has 3 unspecified atom stereocenters. The molecule has 0 aromatic heterocycles. The molecule has 18 heavy (non-hydrogen) atoms. The Hall–Kier alpha value is -0.660. The molecule has 0 aliphatic carbocycles. The first-order chi connectivity index (χ1) is 8.47. The smallest absolute Gasteiger partial charge is 0.308 e. The molecule has 104 valence electrons. The van der Waals surface area contributed by atoms with E-state index in [2.05, 4.69) is 0 Å². The van der Waals surface area contributed by atoms with E-state index in [4.69, 9.17) is 9.84 Å². The van der Waals surface area contributed by atoms with Crippen LogP contribution in [0.3, 0.4) is 0 Å². The van der Waals surface area contributed by atoms with E-state index in [1.807, 2.05) is 6.92 Å². The maximum absolute atomic E-state index is 12.2. The van der Waals surface area contributed by atoms with E-state index in [0.717, 1.165) is 6.42 Å². The Morgan fingerprint density at radius 1 is 1.44 bits per heavy atom. The number of fused-ring (bicyclic) bond motifs is 2. The quantitative estimate of drug-likeness (QED) is 0.705. The van der Waals surface area contributed by atoms with Crippen molar-refractivity contribution in [2.24, 2.45) is 5.92 Å². The Bertz CT molecular complexity index is 421. The molecule has 0 radical (unpaired) electrons. The molecule has 7 heteroatoms. The van der Waals surface area contributed by atoms with Gasteiger partial charge in [-0.1, -0.05) is 0 Å². The van der Waals surface area contributed by atoms with E-state index < -0.39 is 21.9 Å². The van der Waals surface area contributed by atoms with Crippen LogP contribution in [0.2, 0.25) is 0 Å². The fourth-order valence-corrected chi connectivity index (χ4v) is 4.90. The molecule has 2 fully saturated rings. The molecule has 3 atom stereocenters. The number of carboxylic acid groups (broad SMARTS) is 1. The maximum Gasteiger partial charge on any atom is 0.308 e. The van der Waals surface area contributed by atoms with Crippen molar-refractivity contribution in [3.05, 3.63) is 0 Å². The lowest BCUT2D eigenvalue weighted by molar-refractivity contribution is -0.142. The predicted octanol–water partition coefficient (Wildman–Crippen LogP) is 0.290. The van der Waals surface area contributed by atoms with Gasteiger partial charge in [0.25, 0.3) is 0 Å². The van der Waals surface area contributed by atoms with Crippen LogP contribution in [-0.4, -0.2) is 54.8 Å². The van der Waals surface area contributed by atoms with Crippen molar-refractivity contribution >= 4 is 16.0 Å². The second-order valence-corrected chi connectivity index (χ2v) is 6.82. The van der Waals surface area contributed by atoms with Crippen molar-refractivity contribution in [2.45, 2.75) is 38.3 Å². The lowest BCUT2D eigenvalue weighted by Crippen LogP contribution is -2.40. The molecule has 6 nitrogen and oxygen atoms in total. The molecule has 0 aromatic carbocycles. The third kappa shape index (κ3) is 2.39. The van der Waals surface area contributed by atoms with Gasteiger partial charge >= 0.3 is 5.97 Å². The third-order valence-electron chi connectivity index (χ3n) is 3.80. The van der Waals surface area contributed by atoms with E-state index in [-0.39, 0.29) is 24.4 Å². The first kappa shape index (κ1) is 13.8. The van der Waals surface area contributed by atoms with E-state index in [1.165, 1.54) is 4.31 Å². The normalized spacial score (nSPS) is 31.9. The standard InChI is InChI=1S/C11H19NO5S/c1-2-17-5-6-18(15,16)12-8-3-4-10(12)9(7-8)11(13)14/h8-10H,2-7H2,1H3,(H,13,14). The van der Waals surface area contributed by atoms with Crippen LogP contribution in [-0.2, 0) is 19.6 Å². The molecule has 2 aliphatic rings. The van der Waals surface area contributed by atoms with E-state index in [9.17, 15) is 13.2 Å². The van der Waals surface area contributed by atoms with Gasteiger partial charge in [-0.2, -0.15) is 4.31 Å². The molecule has 2 aliphatic heterocycles. The number of hydrogen-bond acceptors (Lipinski definition) is 4. The van der Waals surface area contributed by atoms with Gasteiger partial charge in [-0.25, -0.2) is 8.42 Å². The highest BCUT2D eigenvalue weighted by Gasteiger charge is 2.53. The summed E-state index contributed by atoms with van der Waals surface area (Å²) in [6.07, 6.45) is 1.89. The van der Waals surface area contributed by atoms with Gasteiger partial charge in [0.05, 0.1) is 18.3 Å². The average molecular weight is 277 g/mol. The van der Waals surface area contributed by atoms with Crippen LogP contribution < -0.4 is 0 Å². The van der Waals surface area contributed by atoms with Crippen molar-refractivity contribution in [3.63, 3.8) is 0 Å². The topological polar surface area (TPSA) is 83.9 Å². The summed E-state index contributed by atoms with van der Waals surface area (Å²) in [4.78, 5) is 11.1. The molecule has 2 rings (SSSR count). The summed E-state index contributed by atoms with van der Waals surface area (Å²) < 4.78 is 30.9. The summed E-state index contributed by atoms with van der Waals surface area (Å²) in [7, 11) is -3.39. The van der Waals surface area contributed by atoms with Crippen molar-refractivity contribution in [3.8, 4) is 0 Å². The van der Waals surface area contributed by atoms with Crippen molar-refractivity contribution in [2.75, 3.05) is 19.0 Å². The summed E-state index contributed by atoms with van der Waals surface area (Å²) in [6, 6.07) is -0.471. The van der Waals surface area contributed by atoms with Gasteiger partial charge in [0, 0.05) is 18.7 Å². The third-order valence-corrected chi connectivity index (χ3v) is 5.69. The van der Waals surface area contributed by atoms with Crippen LogP contribution in [0.5, 0.6) is 0 Å². The number of ether oxygens (including phenoxy) is 1. The minimum absolute atomic E-state index is 0.0554. The number of hydrogen-bond donors (Lipinski definition) is 1. The second-order valence-electron chi connectivity index (χ2n) is 4.82. The Kier molecular flexibility index (Phi) is 3.93. The Labute approximate surface area is 107 Å². The highest BCUT2D eigenvalue weighted by atomic mass is 32.2. The van der Waals surface area contributed by atoms with Crippen molar-refractivity contribution in [1.29, 1.82) is 0 Å². The summed E-state index contributed by atoms with van der Waals surface area (Å²) in [5, 5.41) is 9.09. The molecule has 1 N–H and O–H groups in total. The monoisotopic (exact) mass is 277 g/mol. The SMILES string of the molecule is CCOCCS(=O)(=O)N1C2CCC1C(C(=O)O)C2. The molecule has 0 aromatic rings. The number of carboxylic acids is 1. The summed E-state index contributed by atoms with van der Waals surface area (Å²) in [6.45, 7) is 2.47. The van der Waals surface area contributed by atoms with Gasteiger partial charge < -0.3 is 9.84 Å². The number of aliphatic carboxylic acids is 1. The first-order valence-electron chi connectivity index (χ1n) is 6.29. The van der Waals surface area contributed by atoms with Gasteiger partial charge in [0.2, 0.25) is 10.0 Å². The fraction of sp³-hybridized carbons (Fsp3) is 0.909. The molecule has 2 bridgehead atoms. The molecular weight excluding hydrogens is 258 g/mol. The molecular formula is C11H19NO5S. The minimum Gasteiger partial charge on any atom is -0.481 e. The first-order valence-corrected chi connectivity index (χ1v) is 7.90. The molecule has 0 saturated carbocycles. The number of rotatable bonds is 6. The summed E-state index contributed by atoms with van der Waals surface area (Å²) in [5.74, 6) is -1.47. The molecule has 2 saturated heterocycles. The molecule has 0 amide bonds. The number of carbonyl (C=O) groups is 1. The van der Waals surface area contributed by atoms with Gasteiger partial charge in [-0.05, 0) is 26.2 Å². The van der Waals surface area contributed by atoms with Crippen LogP contribution in [0, 0.1) is 5.92 Å². The van der Waals surface area contributed by atoms with Crippen molar-refractivity contribution < 1.29 is 23.1 Å². The van der Waals surface area contributed by atoms with Crippen LogP contribution in [0.15, 0.2) is 0 Å². The highest BCUT2D eigenvalue weighted by Crippen LogP contribution is 2.43. The van der Waals surface area contributed by atoms with E-state index >= 15 is 0 Å². The van der Waals surface area contributed by atoms with Crippen LogP contribution in [0.1, 0.15) is 26.2 Å². The van der Waals surface area contributed by atoms with E-state index in [0.29, 0.717) is 19.4 Å². The zero-order valence-electron chi connectivity index (χ0n) is 10.4. The van der Waals surface area contributed by atoms with Gasteiger partial charge in [0.15, 0.2) is 0 Å². The highest BCUT2D eigenvalue weighted by molar-refractivity contribution is 7.89. The second kappa shape index (κ2) is 5.14. The Morgan fingerprint density at radius 3 is 2.72 bits per heavy atom. The predicted molar refractivity (Wildman–Crippen MR) is 64.7 cm³/mol. The number of sulfonamides is 1. The van der Waals surface area contributed by atoms with Gasteiger partial charge in [-0.15, -0.1) is 0 Å². The van der Waals surface area contributed by atoms with Gasteiger partial charge in [-0.3, -0.25) is 4.79 Å². The number of nitrogens with zero attached hydrogens (tertiary/aromatic N) is 1. The molecule has 0 spiro atoms. The van der Waals surface area contributed by atoms with Gasteiger partial charge in [0.1, 0.15) is 0 Å². The lowest BCUT2D eigenvalue weighted by Gasteiger charge is -2.22. The minimum atomic E-state index is -3.39. The largest absolute Gasteiger partial charge is 0.481 e. The zero-order valence-corrected chi connectivity index (χ0v) is 11.2. The Morgan fingerprint density at radius 2 is 2.17 bits per heavy atom. The Balaban J connectivity index is 2.07. The van der Waals surface area contributed by atoms with E-state index in [1.54, 1.807) is 0 Å². The summed E-state index contributed by atoms with van der Waals surface area (Å²) in [5.41, 5.74) is 0. The summed E-state index contributed by atoms with van der Waals surface area (Å²) >= 11 is 0. The van der Waals surface area contributed by atoms with Crippen LogP contribution >= 0.6 is 0 Å². The maximum atomic E-state index is 12.2. The van der Waals surface area contributed by atoms with Crippen molar-refractivity contribution in [1.82, 2.24) is 4.31 Å². The van der Waals surface area contributed by atoms with Crippen LogP contribution in [0.4, 0.5) is 0 Å². The fourth-order valence-electron chi connectivity index (χ4n) is 3.05. The average Bonchev–Trinajstić information content (AvgIpc) is 2.86. The lowest BCUT2D eigenvalue weighted by atomic mass is 9.89. The molecule has 2 heterocycles. The zero-order chi connectivity index (χ0) is 13.3. The van der Waals surface area contributed by atoms with Crippen LogP contribution in [0.25, 0.3) is 0 Å².